The molecule has 0 spiro atoms. The number of anilines is 1. The van der Waals surface area contributed by atoms with Crippen molar-refractivity contribution >= 4 is 17.5 Å². The van der Waals surface area contributed by atoms with Crippen molar-refractivity contribution in [1.82, 2.24) is 10.2 Å². The Hall–Kier alpha value is -4.22. The summed E-state index contributed by atoms with van der Waals surface area (Å²) < 4.78 is 0. The molecular formula is C32H31N3O2. The fourth-order valence-electron chi connectivity index (χ4n) is 4.75. The Morgan fingerprint density at radius 3 is 2.22 bits per heavy atom. The maximum atomic E-state index is 13.0. The average Bonchev–Trinajstić information content (AvgIpc) is 2.94. The molecule has 0 atom stereocenters. The largest absolute Gasteiger partial charge is 0.352 e. The van der Waals surface area contributed by atoms with Gasteiger partial charge in [-0.05, 0) is 59.4 Å². The molecule has 0 fully saturated rings. The van der Waals surface area contributed by atoms with Gasteiger partial charge in [-0.15, -0.1) is 0 Å². The SMILES string of the molecule is O=C(Nc1ccccc1C(=O)NCCc1ccccc1)c1ccc(CN2CCc3ccccc3C2)cc1. The van der Waals surface area contributed by atoms with Crippen LogP contribution in [0.2, 0.25) is 0 Å². The van der Waals surface area contributed by atoms with Gasteiger partial charge in [0.05, 0.1) is 11.3 Å². The first-order valence-corrected chi connectivity index (χ1v) is 12.8. The van der Waals surface area contributed by atoms with E-state index >= 15 is 0 Å². The second-order valence-corrected chi connectivity index (χ2v) is 9.42. The lowest BCUT2D eigenvalue weighted by Gasteiger charge is -2.28. The molecule has 5 heteroatoms. The highest BCUT2D eigenvalue weighted by atomic mass is 16.2. The van der Waals surface area contributed by atoms with E-state index in [4.69, 9.17) is 0 Å². The van der Waals surface area contributed by atoms with Gasteiger partial charge in [-0.2, -0.15) is 0 Å². The van der Waals surface area contributed by atoms with Gasteiger partial charge in [0.2, 0.25) is 0 Å². The number of fused-ring (bicyclic) bond motifs is 1. The Balaban J connectivity index is 1.17. The number of benzene rings is 4. The lowest BCUT2D eigenvalue weighted by Crippen LogP contribution is -2.30. The molecule has 0 bridgehead atoms. The number of amides is 2. The van der Waals surface area contributed by atoms with Crippen molar-refractivity contribution in [3.8, 4) is 0 Å². The summed E-state index contributed by atoms with van der Waals surface area (Å²) in [6.07, 6.45) is 1.81. The molecule has 1 aliphatic heterocycles. The van der Waals surface area contributed by atoms with Crippen molar-refractivity contribution in [1.29, 1.82) is 0 Å². The molecule has 2 amide bonds. The molecule has 4 aromatic carbocycles. The lowest BCUT2D eigenvalue weighted by atomic mass is 9.99. The Bertz CT molecular complexity index is 1370. The standard InChI is InChI=1S/C32H31N3O2/c36-31(27-16-14-25(15-17-27)22-35-21-19-26-10-4-5-11-28(26)23-35)34-30-13-7-6-12-29(30)32(37)33-20-18-24-8-2-1-3-9-24/h1-17H,18-23H2,(H,33,37)(H,34,36). The number of hydrogen-bond acceptors (Lipinski definition) is 3. The molecule has 0 radical (unpaired) electrons. The molecule has 2 N–H and O–H groups in total. The van der Waals surface area contributed by atoms with Crippen LogP contribution in [0.4, 0.5) is 5.69 Å². The zero-order valence-electron chi connectivity index (χ0n) is 20.8. The maximum absolute atomic E-state index is 13.0. The quantitative estimate of drug-likeness (QED) is 0.345. The van der Waals surface area contributed by atoms with Gasteiger partial charge >= 0.3 is 0 Å². The first-order chi connectivity index (χ1) is 18.2. The Kier molecular flexibility index (Phi) is 7.72. The highest BCUT2D eigenvalue weighted by molar-refractivity contribution is 6.09. The smallest absolute Gasteiger partial charge is 0.255 e. The second kappa shape index (κ2) is 11.7. The summed E-state index contributed by atoms with van der Waals surface area (Å²) in [5, 5.41) is 5.88. The number of para-hydroxylation sites is 1. The van der Waals surface area contributed by atoms with Crippen molar-refractivity contribution in [3.63, 3.8) is 0 Å². The molecule has 0 saturated heterocycles. The summed E-state index contributed by atoms with van der Waals surface area (Å²) in [5.74, 6) is -0.437. The van der Waals surface area contributed by atoms with Crippen LogP contribution in [0.25, 0.3) is 0 Å². The molecule has 37 heavy (non-hydrogen) atoms. The number of nitrogens with zero attached hydrogens (tertiary/aromatic N) is 1. The molecule has 4 aromatic rings. The fraction of sp³-hybridized carbons (Fsp3) is 0.188. The molecule has 1 aliphatic rings. The summed E-state index contributed by atoms with van der Waals surface area (Å²) in [6, 6.07) is 33.5. The summed E-state index contributed by atoms with van der Waals surface area (Å²) in [7, 11) is 0. The van der Waals surface area contributed by atoms with Crippen LogP contribution in [0.3, 0.4) is 0 Å². The van der Waals surface area contributed by atoms with Crippen LogP contribution in [-0.4, -0.2) is 29.8 Å². The molecule has 0 unspecified atom stereocenters. The van der Waals surface area contributed by atoms with Gasteiger partial charge in [0.25, 0.3) is 11.8 Å². The van der Waals surface area contributed by atoms with Crippen molar-refractivity contribution in [2.24, 2.45) is 0 Å². The molecule has 0 aliphatic carbocycles. The van der Waals surface area contributed by atoms with Crippen molar-refractivity contribution in [2.45, 2.75) is 25.9 Å². The summed E-state index contributed by atoms with van der Waals surface area (Å²) in [6.45, 7) is 3.35. The van der Waals surface area contributed by atoms with E-state index in [0.29, 0.717) is 23.4 Å². The van der Waals surface area contributed by atoms with Gasteiger partial charge in [-0.25, -0.2) is 0 Å². The van der Waals surface area contributed by atoms with E-state index in [2.05, 4.69) is 39.8 Å². The molecule has 0 saturated carbocycles. The maximum Gasteiger partial charge on any atom is 0.255 e. The Morgan fingerprint density at radius 1 is 0.703 bits per heavy atom. The zero-order chi connectivity index (χ0) is 25.5. The summed E-state index contributed by atoms with van der Waals surface area (Å²) >= 11 is 0. The molecule has 5 rings (SSSR count). The first-order valence-electron chi connectivity index (χ1n) is 12.8. The van der Waals surface area contributed by atoms with Crippen LogP contribution in [0.15, 0.2) is 103 Å². The van der Waals surface area contributed by atoms with Crippen molar-refractivity contribution in [2.75, 3.05) is 18.4 Å². The summed E-state index contributed by atoms with van der Waals surface area (Å²) in [4.78, 5) is 28.2. The highest BCUT2D eigenvalue weighted by Crippen LogP contribution is 2.21. The minimum atomic E-state index is -0.233. The summed E-state index contributed by atoms with van der Waals surface area (Å²) in [5.41, 5.74) is 6.69. The van der Waals surface area contributed by atoms with Gasteiger partial charge in [0.15, 0.2) is 0 Å². The predicted octanol–water partition coefficient (Wildman–Crippen LogP) is 5.47. The molecule has 1 heterocycles. The van der Waals surface area contributed by atoms with E-state index in [-0.39, 0.29) is 11.8 Å². The normalized spacial score (nSPS) is 13.0. The third-order valence-electron chi connectivity index (χ3n) is 6.79. The van der Waals surface area contributed by atoms with Crippen LogP contribution < -0.4 is 10.6 Å². The van der Waals surface area contributed by atoms with Gasteiger partial charge < -0.3 is 10.6 Å². The van der Waals surface area contributed by atoms with Crippen LogP contribution in [0.1, 0.15) is 43.0 Å². The van der Waals surface area contributed by atoms with E-state index in [1.165, 1.54) is 16.7 Å². The van der Waals surface area contributed by atoms with E-state index in [1.807, 2.05) is 60.7 Å². The van der Waals surface area contributed by atoms with Gasteiger partial charge in [0.1, 0.15) is 0 Å². The minimum Gasteiger partial charge on any atom is -0.352 e. The van der Waals surface area contributed by atoms with Crippen molar-refractivity contribution in [3.05, 3.63) is 137 Å². The number of hydrogen-bond donors (Lipinski definition) is 2. The fourth-order valence-corrected chi connectivity index (χ4v) is 4.75. The number of nitrogens with one attached hydrogen (secondary N) is 2. The van der Waals surface area contributed by atoms with E-state index in [0.717, 1.165) is 38.0 Å². The Labute approximate surface area is 218 Å². The van der Waals surface area contributed by atoms with E-state index in [9.17, 15) is 9.59 Å². The topological polar surface area (TPSA) is 61.4 Å². The third-order valence-corrected chi connectivity index (χ3v) is 6.79. The Morgan fingerprint density at radius 2 is 1.41 bits per heavy atom. The van der Waals surface area contributed by atoms with Crippen LogP contribution >= 0.6 is 0 Å². The molecule has 186 valence electrons. The third kappa shape index (κ3) is 6.32. The molecule has 5 nitrogen and oxygen atoms in total. The molecule has 0 aromatic heterocycles. The van der Waals surface area contributed by atoms with Crippen LogP contribution in [0, 0.1) is 0 Å². The van der Waals surface area contributed by atoms with Crippen LogP contribution in [0.5, 0.6) is 0 Å². The highest BCUT2D eigenvalue weighted by Gasteiger charge is 2.17. The number of carbonyl (C=O) groups is 2. The van der Waals surface area contributed by atoms with Crippen LogP contribution in [-0.2, 0) is 25.9 Å². The zero-order valence-corrected chi connectivity index (χ0v) is 20.8. The van der Waals surface area contributed by atoms with E-state index in [1.54, 1.807) is 18.2 Å². The second-order valence-electron chi connectivity index (χ2n) is 9.42. The van der Waals surface area contributed by atoms with Crippen molar-refractivity contribution < 1.29 is 9.59 Å². The monoisotopic (exact) mass is 489 g/mol. The van der Waals surface area contributed by atoms with E-state index < -0.39 is 0 Å². The lowest BCUT2D eigenvalue weighted by molar-refractivity contribution is 0.0955. The first kappa shape index (κ1) is 24.5. The number of rotatable bonds is 8. The average molecular weight is 490 g/mol. The van der Waals surface area contributed by atoms with Gasteiger partial charge in [-0.3, -0.25) is 14.5 Å². The minimum absolute atomic E-state index is 0.203. The number of carbonyl (C=O) groups excluding carboxylic acids is 2. The van der Waals surface area contributed by atoms with Gasteiger partial charge in [-0.1, -0.05) is 78.9 Å². The van der Waals surface area contributed by atoms with Gasteiger partial charge in [0, 0.05) is 31.7 Å². The molecular weight excluding hydrogens is 458 g/mol. The predicted molar refractivity (Wildman–Crippen MR) is 148 cm³/mol.